The number of alkyl halides is 2. The molecule has 94 valence electrons. The van der Waals surface area contributed by atoms with Gasteiger partial charge in [-0.25, -0.2) is 13.8 Å². The summed E-state index contributed by atoms with van der Waals surface area (Å²) in [5, 5.41) is 3.29. The van der Waals surface area contributed by atoms with Crippen molar-refractivity contribution in [3.8, 4) is 0 Å². The van der Waals surface area contributed by atoms with Crippen LogP contribution in [0.5, 0.6) is 0 Å². The summed E-state index contributed by atoms with van der Waals surface area (Å²) in [4.78, 5) is 4.45. The molecular formula is C12H17F2N3. The fourth-order valence-electron chi connectivity index (χ4n) is 2.86. The number of hydrogen-bond donors (Lipinski definition) is 1. The van der Waals surface area contributed by atoms with Crippen LogP contribution in [0.1, 0.15) is 43.1 Å². The third kappa shape index (κ3) is 2.08. The maximum absolute atomic E-state index is 13.1. The summed E-state index contributed by atoms with van der Waals surface area (Å²) in [6, 6.07) is 0. The molecule has 1 aliphatic carbocycles. The highest BCUT2D eigenvalue weighted by Gasteiger charge is 2.37. The van der Waals surface area contributed by atoms with Crippen molar-refractivity contribution in [2.24, 2.45) is 0 Å². The number of hydrogen-bond acceptors (Lipinski definition) is 2. The van der Waals surface area contributed by atoms with E-state index in [0.29, 0.717) is 12.8 Å². The maximum atomic E-state index is 13.1. The van der Waals surface area contributed by atoms with Gasteiger partial charge in [0, 0.05) is 44.6 Å². The molecule has 1 aliphatic heterocycles. The predicted octanol–water partition coefficient (Wildman–Crippen LogP) is 2.28. The lowest BCUT2D eigenvalue weighted by atomic mass is 9.86. The summed E-state index contributed by atoms with van der Waals surface area (Å²) in [6.45, 7) is 2.70. The molecule has 5 heteroatoms. The Morgan fingerprint density at radius 2 is 2.12 bits per heavy atom. The minimum Gasteiger partial charge on any atom is -0.329 e. The molecule has 3 nitrogen and oxygen atoms in total. The molecule has 0 bridgehead atoms. The summed E-state index contributed by atoms with van der Waals surface area (Å²) in [7, 11) is 0. The van der Waals surface area contributed by atoms with Crippen molar-refractivity contribution < 1.29 is 8.78 Å². The van der Waals surface area contributed by atoms with E-state index in [1.807, 2.05) is 6.20 Å². The van der Waals surface area contributed by atoms with Crippen LogP contribution >= 0.6 is 0 Å². The van der Waals surface area contributed by atoms with Crippen LogP contribution < -0.4 is 5.32 Å². The summed E-state index contributed by atoms with van der Waals surface area (Å²) in [5.74, 6) is -1.20. The first kappa shape index (κ1) is 11.1. The van der Waals surface area contributed by atoms with E-state index in [0.717, 1.165) is 25.5 Å². The molecule has 3 rings (SSSR count). The van der Waals surface area contributed by atoms with Crippen LogP contribution in [0.15, 0.2) is 6.20 Å². The average Bonchev–Trinajstić information content (AvgIpc) is 2.73. The van der Waals surface area contributed by atoms with Crippen molar-refractivity contribution in [3.63, 3.8) is 0 Å². The molecular weight excluding hydrogens is 224 g/mol. The van der Waals surface area contributed by atoms with Crippen LogP contribution in [0.25, 0.3) is 0 Å². The zero-order chi connectivity index (χ0) is 11.9. The van der Waals surface area contributed by atoms with Gasteiger partial charge < -0.3 is 9.88 Å². The van der Waals surface area contributed by atoms with Gasteiger partial charge >= 0.3 is 0 Å². The van der Waals surface area contributed by atoms with Crippen LogP contribution in [-0.2, 0) is 13.1 Å². The number of rotatable bonds is 1. The lowest BCUT2D eigenvalue weighted by molar-refractivity contribution is -0.0390. The van der Waals surface area contributed by atoms with E-state index >= 15 is 0 Å². The molecule has 0 radical (unpaired) electrons. The SMILES string of the molecule is FC1(F)CCC(c2ncc3n2CCNC3)CC1. The third-order valence-corrected chi connectivity index (χ3v) is 3.87. The van der Waals surface area contributed by atoms with Gasteiger partial charge in [-0.2, -0.15) is 0 Å². The normalized spacial score (nSPS) is 24.6. The van der Waals surface area contributed by atoms with Gasteiger partial charge in [-0.1, -0.05) is 0 Å². The molecule has 1 fully saturated rings. The first-order valence-corrected chi connectivity index (χ1v) is 6.28. The van der Waals surface area contributed by atoms with Crippen molar-refractivity contribution in [1.82, 2.24) is 14.9 Å². The second-order valence-corrected chi connectivity index (χ2v) is 5.07. The molecule has 2 heterocycles. The minimum atomic E-state index is -2.45. The molecule has 1 N–H and O–H groups in total. The van der Waals surface area contributed by atoms with Crippen LogP contribution in [-0.4, -0.2) is 22.0 Å². The van der Waals surface area contributed by atoms with Gasteiger partial charge in [0.15, 0.2) is 0 Å². The fraction of sp³-hybridized carbons (Fsp3) is 0.750. The van der Waals surface area contributed by atoms with Crippen molar-refractivity contribution in [2.45, 2.75) is 50.6 Å². The fourth-order valence-corrected chi connectivity index (χ4v) is 2.86. The molecule has 0 saturated heterocycles. The van der Waals surface area contributed by atoms with Gasteiger partial charge in [-0.15, -0.1) is 0 Å². The van der Waals surface area contributed by atoms with Crippen LogP contribution in [0, 0.1) is 0 Å². The first-order valence-electron chi connectivity index (χ1n) is 6.28. The molecule has 0 aromatic carbocycles. The van der Waals surface area contributed by atoms with Crippen molar-refractivity contribution in [1.29, 1.82) is 0 Å². The standard InChI is InChI=1S/C12H17F2N3/c13-12(14)3-1-9(2-4-12)11-16-8-10-7-15-5-6-17(10)11/h8-9,15H,1-7H2. The highest BCUT2D eigenvalue weighted by atomic mass is 19.3. The molecule has 0 amide bonds. The van der Waals surface area contributed by atoms with E-state index in [4.69, 9.17) is 0 Å². The van der Waals surface area contributed by atoms with E-state index in [1.54, 1.807) is 0 Å². The second kappa shape index (κ2) is 4.05. The molecule has 0 atom stereocenters. The predicted molar refractivity (Wildman–Crippen MR) is 60.1 cm³/mol. The van der Waals surface area contributed by atoms with E-state index in [-0.39, 0.29) is 18.8 Å². The Labute approximate surface area is 99.2 Å². The van der Waals surface area contributed by atoms with E-state index in [2.05, 4.69) is 14.9 Å². The summed E-state index contributed by atoms with van der Waals surface area (Å²) < 4.78 is 28.5. The Hall–Kier alpha value is -0.970. The molecule has 2 aliphatic rings. The van der Waals surface area contributed by atoms with Crippen molar-refractivity contribution in [2.75, 3.05) is 6.54 Å². The lowest BCUT2D eigenvalue weighted by Crippen LogP contribution is -2.30. The smallest absolute Gasteiger partial charge is 0.248 e. The zero-order valence-electron chi connectivity index (χ0n) is 9.75. The van der Waals surface area contributed by atoms with Crippen LogP contribution in [0.4, 0.5) is 8.78 Å². The Morgan fingerprint density at radius 3 is 2.88 bits per heavy atom. The number of imidazole rings is 1. The van der Waals surface area contributed by atoms with E-state index < -0.39 is 5.92 Å². The third-order valence-electron chi connectivity index (χ3n) is 3.87. The molecule has 0 unspecified atom stereocenters. The van der Waals surface area contributed by atoms with Gasteiger partial charge in [-0.05, 0) is 12.8 Å². The zero-order valence-corrected chi connectivity index (χ0v) is 9.75. The summed E-state index contributed by atoms with van der Waals surface area (Å²) >= 11 is 0. The number of aromatic nitrogens is 2. The van der Waals surface area contributed by atoms with Gasteiger partial charge in [0.05, 0.1) is 5.69 Å². The Bertz CT molecular complexity index is 404. The summed E-state index contributed by atoms with van der Waals surface area (Å²) in [5.41, 5.74) is 1.18. The van der Waals surface area contributed by atoms with Gasteiger partial charge in [0.2, 0.25) is 5.92 Å². The molecule has 1 aromatic rings. The topological polar surface area (TPSA) is 29.9 Å². The van der Waals surface area contributed by atoms with Gasteiger partial charge in [0.25, 0.3) is 0 Å². The first-order chi connectivity index (χ1) is 8.16. The average molecular weight is 241 g/mol. The minimum absolute atomic E-state index is 0.0120. The summed E-state index contributed by atoms with van der Waals surface area (Å²) in [6.07, 6.45) is 3.04. The molecule has 17 heavy (non-hydrogen) atoms. The molecule has 1 saturated carbocycles. The van der Waals surface area contributed by atoms with E-state index in [9.17, 15) is 8.78 Å². The van der Waals surface area contributed by atoms with Crippen molar-refractivity contribution >= 4 is 0 Å². The maximum Gasteiger partial charge on any atom is 0.248 e. The van der Waals surface area contributed by atoms with Crippen LogP contribution in [0.3, 0.4) is 0 Å². The Balaban J connectivity index is 1.79. The molecule has 0 spiro atoms. The monoisotopic (exact) mass is 241 g/mol. The van der Waals surface area contributed by atoms with Crippen LogP contribution in [0.2, 0.25) is 0 Å². The van der Waals surface area contributed by atoms with Crippen molar-refractivity contribution in [3.05, 3.63) is 17.7 Å². The van der Waals surface area contributed by atoms with Gasteiger partial charge in [-0.3, -0.25) is 0 Å². The number of nitrogens with one attached hydrogen (secondary N) is 1. The van der Waals surface area contributed by atoms with E-state index in [1.165, 1.54) is 5.69 Å². The highest BCUT2D eigenvalue weighted by Crippen LogP contribution is 2.40. The number of nitrogens with zero attached hydrogens (tertiary/aromatic N) is 2. The lowest BCUT2D eigenvalue weighted by Gasteiger charge is -2.29. The quantitative estimate of drug-likeness (QED) is 0.817. The number of halogens is 2. The Kier molecular flexibility index (Phi) is 2.65. The number of fused-ring (bicyclic) bond motifs is 1. The van der Waals surface area contributed by atoms with Gasteiger partial charge in [0.1, 0.15) is 5.82 Å². The highest BCUT2D eigenvalue weighted by molar-refractivity contribution is 5.12. The molecule has 1 aromatic heterocycles. The largest absolute Gasteiger partial charge is 0.329 e. The Morgan fingerprint density at radius 1 is 1.35 bits per heavy atom. The second-order valence-electron chi connectivity index (χ2n) is 5.07.